The van der Waals surface area contributed by atoms with E-state index in [0.29, 0.717) is 29.5 Å². The summed E-state index contributed by atoms with van der Waals surface area (Å²) in [5.74, 6) is 0.943. The number of carbonyl (C=O) groups excluding carboxylic acids is 1. The Labute approximate surface area is 120 Å². The smallest absolute Gasteiger partial charge is 0.251 e. The summed E-state index contributed by atoms with van der Waals surface area (Å²) in [6, 6.07) is 5.69. The van der Waals surface area contributed by atoms with Gasteiger partial charge in [0.25, 0.3) is 5.91 Å². The van der Waals surface area contributed by atoms with Crippen LogP contribution in [0.5, 0.6) is 11.5 Å². The van der Waals surface area contributed by atoms with Crippen LogP contribution in [0.2, 0.25) is 0 Å². The summed E-state index contributed by atoms with van der Waals surface area (Å²) in [5, 5.41) is 0.444. The largest absolute Gasteiger partial charge is 0.486 e. The Morgan fingerprint density at radius 2 is 1.95 bits per heavy atom. The van der Waals surface area contributed by atoms with Crippen LogP contribution in [0.25, 0.3) is 10.4 Å². The van der Waals surface area contributed by atoms with Crippen molar-refractivity contribution < 1.29 is 14.3 Å². The highest BCUT2D eigenvalue weighted by Crippen LogP contribution is 2.41. The van der Waals surface area contributed by atoms with Gasteiger partial charge in [0.1, 0.15) is 13.2 Å². The van der Waals surface area contributed by atoms with Gasteiger partial charge in [0.15, 0.2) is 11.5 Å². The summed E-state index contributed by atoms with van der Waals surface area (Å²) in [5.41, 5.74) is 13.4. The van der Waals surface area contributed by atoms with Crippen molar-refractivity contribution in [1.29, 1.82) is 0 Å². The van der Waals surface area contributed by atoms with E-state index in [9.17, 15) is 4.79 Å². The third kappa shape index (κ3) is 1.98. The first-order chi connectivity index (χ1) is 9.58. The average Bonchev–Trinajstić information content (AvgIpc) is 2.73. The highest BCUT2D eigenvalue weighted by molar-refractivity contribution is 7.19. The maximum atomic E-state index is 11.4. The molecule has 20 heavy (non-hydrogen) atoms. The second-order valence-electron chi connectivity index (χ2n) is 4.52. The molecule has 0 fully saturated rings. The zero-order valence-corrected chi connectivity index (χ0v) is 11.8. The normalized spacial score (nSPS) is 13.2. The van der Waals surface area contributed by atoms with Crippen molar-refractivity contribution in [2.45, 2.75) is 6.92 Å². The minimum Gasteiger partial charge on any atom is -0.486 e. The standard InChI is InChI=1S/C14H14N2O3S/c1-7-11(13(15)17)14(16)20-12(7)8-2-3-9-10(6-8)19-5-4-18-9/h2-3,6H,4-5,16H2,1H3,(H2,15,17). The number of amides is 1. The minimum absolute atomic E-state index is 0.403. The van der Waals surface area contributed by atoms with Gasteiger partial charge in [-0.1, -0.05) is 0 Å². The van der Waals surface area contributed by atoms with E-state index in [4.69, 9.17) is 20.9 Å². The molecule has 6 heteroatoms. The summed E-state index contributed by atoms with van der Waals surface area (Å²) < 4.78 is 11.1. The second-order valence-corrected chi connectivity index (χ2v) is 5.57. The Balaban J connectivity index is 2.10. The van der Waals surface area contributed by atoms with E-state index in [1.807, 2.05) is 25.1 Å². The Bertz CT molecular complexity index is 694. The molecule has 0 radical (unpaired) electrons. The number of anilines is 1. The number of rotatable bonds is 2. The number of carbonyl (C=O) groups is 1. The molecule has 1 aromatic heterocycles. The van der Waals surface area contributed by atoms with Gasteiger partial charge in [-0.25, -0.2) is 0 Å². The molecule has 3 rings (SSSR count). The van der Waals surface area contributed by atoms with Crippen LogP contribution in [0.1, 0.15) is 15.9 Å². The van der Waals surface area contributed by atoms with Crippen LogP contribution in [0.4, 0.5) is 5.00 Å². The van der Waals surface area contributed by atoms with Crippen molar-refractivity contribution in [2.24, 2.45) is 5.73 Å². The fraction of sp³-hybridized carbons (Fsp3) is 0.214. The van der Waals surface area contributed by atoms with Crippen molar-refractivity contribution in [1.82, 2.24) is 0 Å². The average molecular weight is 290 g/mol. The quantitative estimate of drug-likeness (QED) is 0.887. The highest BCUT2D eigenvalue weighted by atomic mass is 32.1. The third-order valence-corrected chi connectivity index (χ3v) is 4.39. The van der Waals surface area contributed by atoms with E-state index >= 15 is 0 Å². The van der Waals surface area contributed by atoms with E-state index in [2.05, 4.69) is 0 Å². The molecule has 1 aromatic carbocycles. The third-order valence-electron chi connectivity index (χ3n) is 3.22. The summed E-state index contributed by atoms with van der Waals surface area (Å²) >= 11 is 1.35. The number of primary amides is 1. The number of hydrogen-bond donors (Lipinski definition) is 2. The number of nitrogens with two attached hydrogens (primary N) is 2. The van der Waals surface area contributed by atoms with E-state index in [1.165, 1.54) is 11.3 Å². The number of benzene rings is 1. The second kappa shape index (κ2) is 4.72. The molecule has 1 aliphatic heterocycles. The number of nitrogen functional groups attached to an aromatic ring is 1. The molecular formula is C14H14N2O3S. The van der Waals surface area contributed by atoms with Gasteiger partial charge in [0.2, 0.25) is 0 Å². The molecule has 2 heterocycles. The molecule has 0 bridgehead atoms. The van der Waals surface area contributed by atoms with E-state index in [0.717, 1.165) is 21.8 Å². The van der Waals surface area contributed by atoms with Crippen LogP contribution in [-0.2, 0) is 0 Å². The molecule has 2 aromatic rings. The lowest BCUT2D eigenvalue weighted by molar-refractivity contribution is 0.100. The van der Waals surface area contributed by atoms with Crippen LogP contribution in [0, 0.1) is 6.92 Å². The molecule has 0 atom stereocenters. The van der Waals surface area contributed by atoms with E-state index in [-0.39, 0.29) is 0 Å². The first-order valence-corrected chi connectivity index (χ1v) is 6.98. The minimum atomic E-state index is -0.500. The molecule has 4 N–H and O–H groups in total. The summed E-state index contributed by atoms with van der Waals surface area (Å²) in [6.07, 6.45) is 0. The first-order valence-electron chi connectivity index (χ1n) is 6.16. The summed E-state index contributed by atoms with van der Waals surface area (Å²) in [4.78, 5) is 12.3. The lowest BCUT2D eigenvalue weighted by Crippen LogP contribution is -2.15. The van der Waals surface area contributed by atoms with E-state index in [1.54, 1.807) is 0 Å². The van der Waals surface area contributed by atoms with Crippen LogP contribution in [0.15, 0.2) is 18.2 Å². The number of fused-ring (bicyclic) bond motifs is 1. The summed E-state index contributed by atoms with van der Waals surface area (Å²) in [6.45, 7) is 2.94. The fourth-order valence-electron chi connectivity index (χ4n) is 2.30. The van der Waals surface area contributed by atoms with Gasteiger partial charge in [0, 0.05) is 4.88 Å². The lowest BCUT2D eigenvalue weighted by Gasteiger charge is -2.18. The zero-order chi connectivity index (χ0) is 14.3. The SMILES string of the molecule is Cc1c(-c2ccc3c(c2)OCCO3)sc(N)c1C(N)=O. The molecule has 0 saturated carbocycles. The van der Waals surface area contributed by atoms with Crippen molar-refractivity contribution in [3.05, 3.63) is 29.3 Å². The van der Waals surface area contributed by atoms with Gasteiger partial charge in [-0.3, -0.25) is 4.79 Å². The van der Waals surface area contributed by atoms with Crippen LogP contribution in [-0.4, -0.2) is 19.1 Å². The van der Waals surface area contributed by atoms with Crippen molar-refractivity contribution in [2.75, 3.05) is 18.9 Å². The predicted molar refractivity (Wildman–Crippen MR) is 78.4 cm³/mol. The monoisotopic (exact) mass is 290 g/mol. The summed E-state index contributed by atoms with van der Waals surface area (Å²) in [7, 11) is 0. The molecular weight excluding hydrogens is 276 g/mol. The number of ether oxygens (including phenoxy) is 2. The Hall–Kier alpha value is -2.21. The van der Waals surface area contributed by atoms with E-state index < -0.39 is 5.91 Å². The van der Waals surface area contributed by atoms with Gasteiger partial charge in [-0.15, -0.1) is 11.3 Å². The van der Waals surface area contributed by atoms with Crippen molar-refractivity contribution in [3.8, 4) is 21.9 Å². The van der Waals surface area contributed by atoms with Gasteiger partial charge in [-0.2, -0.15) is 0 Å². The van der Waals surface area contributed by atoms with Crippen molar-refractivity contribution >= 4 is 22.2 Å². The van der Waals surface area contributed by atoms with Gasteiger partial charge < -0.3 is 20.9 Å². The Morgan fingerprint density at radius 1 is 1.25 bits per heavy atom. The zero-order valence-electron chi connectivity index (χ0n) is 10.9. The molecule has 5 nitrogen and oxygen atoms in total. The first kappa shape index (κ1) is 12.8. The molecule has 0 saturated heterocycles. The molecule has 1 amide bonds. The fourth-order valence-corrected chi connectivity index (χ4v) is 3.38. The maximum Gasteiger partial charge on any atom is 0.251 e. The van der Waals surface area contributed by atoms with Crippen LogP contribution >= 0.6 is 11.3 Å². The van der Waals surface area contributed by atoms with Gasteiger partial charge in [-0.05, 0) is 36.2 Å². The molecule has 104 valence electrons. The lowest BCUT2D eigenvalue weighted by atomic mass is 10.1. The maximum absolute atomic E-state index is 11.4. The van der Waals surface area contributed by atoms with Crippen molar-refractivity contribution in [3.63, 3.8) is 0 Å². The molecule has 0 spiro atoms. The topological polar surface area (TPSA) is 87.6 Å². The number of thiophene rings is 1. The number of hydrogen-bond acceptors (Lipinski definition) is 5. The van der Waals surface area contributed by atoms with Crippen LogP contribution in [0.3, 0.4) is 0 Å². The molecule has 0 unspecified atom stereocenters. The highest BCUT2D eigenvalue weighted by Gasteiger charge is 2.20. The predicted octanol–water partition coefficient (Wildman–Crippen LogP) is 2.18. The van der Waals surface area contributed by atoms with Gasteiger partial charge in [0.05, 0.1) is 10.6 Å². The Kier molecular flexibility index (Phi) is 3.02. The molecule has 0 aliphatic carbocycles. The Morgan fingerprint density at radius 3 is 2.60 bits per heavy atom. The van der Waals surface area contributed by atoms with Crippen LogP contribution < -0.4 is 20.9 Å². The molecule has 1 aliphatic rings. The van der Waals surface area contributed by atoms with Gasteiger partial charge >= 0.3 is 0 Å².